The second-order valence-corrected chi connectivity index (χ2v) is 7.02. The molecule has 1 amide bonds. The van der Waals surface area contributed by atoms with E-state index in [-0.39, 0.29) is 11.9 Å². The van der Waals surface area contributed by atoms with E-state index in [0.29, 0.717) is 18.3 Å². The molecular weight excluding hydrogens is 368 g/mol. The first-order valence-corrected chi connectivity index (χ1v) is 9.67. The number of hydrogen-bond donors (Lipinski definition) is 1. The number of nitrogens with one attached hydrogen (secondary N) is 1. The highest BCUT2D eigenvalue weighted by Crippen LogP contribution is 2.28. The number of benzene rings is 1. The Kier molecular flexibility index (Phi) is 4.48. The van der Waals surface area contributed by atoms with Crippen LogP contribution in [0.3, 0.4) is 0 Å². The van der Waals surface area contributed by atoms with E-state index in [1.165, 1.54) is 0 Å². The summed E-state index contributed by atoms with van der Waals surface area (Å²) in [7, 11) is 0. The van der Waals surface area contributed by atoms with E-state index in [2.05, 4.69) is 15.3 Å². The van der Waals surface area contributed by atoms with Crippen molar-refractivity contribution >= 4 is 23.0 Å². The number of rotatable bonds is 5. The van der Waals surface area contributed by atoms with Crippen LogP contribution in [0.1, 0.15) is 18.4 Å². The topological polar surface area (TPSA) is 84.4 Å². The van der Waals surface area contributed by atoms with Crippen molar-refractivity contribution in [2.24, 2.45) is 0 Å². The number of fused-ring (bicyclic) bond motifs is 1. The Morgan fingerprint density at radius 1 is 1.17 bits per heavy atom. The zero-order valence-corrected chi connectivity index (χ0v) is 15.7. The minimum Gasteiger partial charge on any atom is -0.463 e. The number of amides is 1. The van der Waals surface area contributed by atoms with Crippen molar-refractivity contribution in [3.63, 3.8) is 0 Å². The first kappa shape index (κ1) is 17.5. The van der Waals surface area contributed by atoms with Crippen LogP contribution in [0.25, 0.3) is 22.6 Å². The average molecular weight is 388 g/mol. The second kappa shape index (κ2) is 7.43. The zero-order valence-electron chi connectivity index (χ0n) is 15.7. The molecule has 146 valence electrons. The third-order valence-corrected chi connectivity index (χ3v) is 5.18. The number of carbonyl (C=O) groups excluding carboxylic acids is 1. The van der Waals surface area contributed by atoms with Gasteiger partial charge in [0.05, 0.1) is 6.26 Å². The van der Waals surface area contributed by atoms with Crippen LogP contribution >= 0.6 is 0 Å². The molecule has 1 N–H and O–H groups in total. The molecule has 0 spiro atoms. The van der Waals surface area contributed by atoms with Gasteiger partial charge in [-0.15, -0.1) is 0 Å². The number of pyridine rings is 1. The van der Waals surface area contributed by atoms with Crippen molar-refractivity contribution in [2.45, 2.75) is 25.4 Å². The number of carbonyl (C=O) groups is 1. The summed E-state index contributed by atoms with van der Waals surface area (Å²) in [5, 5.41) is 3.05. The van der Waals surface area contributed by atoms with Gasteiger partial charge in [-0.05, 0) is 43.2 Å². The molecule has 0 bridgehead atoms. The standard InChI is InChI=1S/C22H20N4O3/c27-21(24-14-15-6-3-11-23-20(15)19-10-5-13-28-19)17-8-4-12-26(17)22-25-16-7-1-2-9-18(16)29-22/h1-3,5-7,9-11,13,17H,4,8,12,14H2,(H,24,27). The van der Waals surface area contributed by atoms with Gasteiger partial charge in [0.15, 0.2) is 11.3 Å². The smallest absolute Gasteiger partial charge is 0.299 e. The zero-order chi connectivity index (χ0) is 19.6. The maximum absolute atomic E-state index is 12.9. The number of hydrogen-bond acceptors (Lipinski definition) is 6. The summed E-state index contributed by atoms with van der Waals surface area (Å²) in [4.78, 5) is 23.9. The van der Waals surface area contributed by atoms with Crippen molar-refractivity contribution < 1.29 is 13.6 Å². The van der Waals surface area contributed by atoms with Crippen LogP contribution in [-0.4, -0.2) is 28.5 Å². The van der Waals surface area contributed by atoms with Gasteiger partial charge in [-0.25, -0.2) is 0 Å². The van der Waals surface area contributed by atoms with Crippen LogP contribution in [0.4, 0.5) is 6.01 Å². The summed E-state index contributed by atoms with van der Waals surface area (Å²) in [6.45, 7) is 1.12. The molecular formula is C22H20N4O3. The van der Waals surface area contributed by atoms with Gasteiger partial charge in [0.1, 0.15) is 17.3 Å². The van der Waals surface area contributed by atoms with Crippen LogP contribution in [0.2, 0.25) is 0 Å². The van der Waals surface area contributed by atoms with E-state index >= 15 is 0 Å². The molecule has 7 heteroatoms. The van der Waals surface area contributed by atoms with Gasteiger partial charge in [-0.2, -0.15) is 4.98 Å². The Hall–Kier alpha value is -3.61. The van der Waals surface area contributed by atoms with E-state index < -0.39 is 0 Å². The molecule has 1 saturated heterocycles. The quantitative estimate of drug-likeness (QED) is 0.560. The average Bonchev–Trinajstić information content (AvgIpc) is 3.51. The van der Waals surface area contributed by atoms with E-state index in [9.17, 15) is 4.79 Å². The third kappa shape index (κ3) is 3.35. The molecule has 1 fully saturated rings. The largest absolute Gasteiger partial charge is 0.463 e. The van der Waals surface area contributed by atoms with Crippen LogP contribution in [-0.2, 0) is 11.3 Å². The summed E-state index contributed by atoms with van der Waals surface area (Å²) in [5.74, 6) is 0.642. The van der Waals surface area contributed by atoms with Crippen molar-refractivity contribution in [2.75, 3.05) is 11.4 Å². The third-order valence-electron chi connectivity index (χ3n) is 5.18. The fourth-order valence-electron chi connectivity index (χ4n) is 3.77. The van der Waals surface area contributed by atoms with E-state index in [0.717, 1.165) is 41.7 Å². The number of furan rings is 1. The lowest BCUT2D eigenvalue weighted by atomic mass is 10.1. The molecule has 3 aromatic heterocycles. The highest BCUT2D eigenvalue weighted by atomic mass is 16.4. The number of aromatic nitrogens is 2. The molecule has 0 radical (unpaired) electrons. The van der Waals surface area contributed by atoms with Crippen molar-refractivity contribution in [1.82, 2.24) is 15.3 Å². The van der Waals surface area contributed by atoms with E-state index in [1.54, 1.807) is 12.5 Å². The Bertz CT molecular complexity index is 1100. The fourth-order valence-corrected chi connectivity index (χ4v) is 3.77. The maximum Gasteiger partial charge on any atom is 0.299 e. The Morgan fingerprint density at radius 2 is 2.10 bits per heavy atom. The molecule has 4 aromatic rings. The molecule has 0 saturated carbocycles. The van der Waals surface area contributed by atoms with Crippen molar-refractivity contribution in [3.8, 4) is 11.5 Å². The van der Waals surface area contributed by atoms with Crippen LogP contribution < -0.4 is 10.2 Å². The predicted octanol–water partition coefficient (Wildman–Crippen LogP) is 3.77. The van der Waals surface area contributed by atoms with E-state index in [1.807, 2.05) is 53.4 Å². The first-order chi connectivity index (χ1) is 14.3. The first-order valence-electron chi connectivity index (χ1n) is 9.67. The highest BCUT2D eigenvalue weighted by molar-refractivity contribution is 5.86. The highest BCUT2D eigenvalue weighted by Gasteiger charge is 2.33. The van der Waals surface area contributed by atoms with Crippen molar-refractivity contribution in [3.05, 3.63) is 66.6 Å². The number of nitrogens with zero attached hydrogens (tertiary/aromatic N) is 3. The summed E-state index contributed by atoms with van der Waals surface area (Å²) < 4.78 is 11.3. The van der Waals surface area contributed by atoms with Crippen molar-refractivity contribution in [1.29, 1.82) is 0 Å². The van der Waals surface area contributed by atoms with Gasteiger partial charge in [-0.3, -0.25) is 9.78 Å². The van der Waals surface area contributed by atoms with Gasteiger partial charge in [0.2, 0.25) is 5.91 Å². The molecule has 5 rings (SSSR count). The molecule has 29 heavy (non-hydrogen) atoms. The van der Waals surface area contributed by atoms with E-state index in [4.69, 9.17) is 8.83 Å². The Morgan fingerprint density at radius 3 is 2.97 bits per heavy atom. The maximum atomic E-state index is 12.9. The normalized spacial score (nSPS) is 16.4. The molecule has 0 aliphatic carbocycles. The summed E-state index contributed by atoms with van der Waals surface area (Å²) >= 11 is 0. The lowest BCUT2D eigenvalue weighted by Gasteiger charge is -2.22. The van der Waals surface area contributed by atoms with Gasteiger partial charge >= 0.3 is 0 Å². The molecule has 7 nitrogen and oxygen atoms in total. The molecule has 1 aliphatic heterocycles. The lowest BCUT2D eigenvalue weighted by molar-refractivity contribution is -0.122. The molecule has 1 aromatic carbocycles. The fraction of sp³-hybridized carbons (Fsp3) is 0.227. The Labute approximate surface area is 167 Å². The van der Waals surface area contributed by atoms with Crippen LogP contribution in [0.15, 0.2) is 69.8 Å². The van der Waals surface area contributed by atoms with Gasteiger partial charge in [-0.1, -0.05) is 18.2 Å². The number of anilines is 1. The monoisotopic (exact) mass is 388 g/mol. The molecule has 4 heterocycles. The number of para-hydroxylation sites is 2. The minimum atomic E-state index is -0.299. The predicted molar refractivity (Wildman–Crippen MR) is 108 cm³/mol. The number of oxazole rings is 1. The van der Waals surface area contributed by atoms with Gasteiger partial charge in [0.25, 0.3) is 6.01 Å². The molecule has 1 aliphatic rings. The molecule has 1 unspecified atom stereocenters. The SMILES string of the molecule is O=C(NCc1cccnc1-c1ccco1)C1CCCN1c1nc2ccccc2o1. The minimum absolute atomic E-state index is 0.0426. The van der Waals surface area contributed by atoms with Gasteiger partial charge < -0.3 is 19.1 Å². The van der Waals surface area contributed by atoms with Crippen LogP contribution in [0.5, 0.6) is 0 Å². The summed E-state index contributed by atoms with van der Waals surface area (Å²) in [6, 6.07) is 15.3. The second-order valence-electron chi connectivity index (χ2n) is 7.02. The lowest BCUT2D eigenvalue weighted by Crippen LogP contribution is -2.43. The van der Waals surface area contributed by atoms with Gasteiger partial charge in [0, 0.05) is 24.8 Å². The molecule has 1 atom stereocenters. The van der Waals surface area contributed by atoms with Crippen LogP contribution in [0, 0.1) is 0 Å². The summed E-state index contributed by atoms with van der Waals surface area (Å²) in [5.41, 5.74) is 3.17. The Balaban J connectivity index is 1.32. The summed E-state index contributed by atoms with van der Waals surface area (Å²) in [6.07, 6.45) is 5.02.